The van der Waals surface area contributed by atoms with Crippen molar-refractivity contribution in [2.75, 3.05) is 12.3 Å². The van der Waals surface area contributed by atoms with Crippen molar-refractivity contribution in [3.8, 4) is 0 Å². The Morgan fingerprint density at radius 1 is 1.29 bits per heavy atom. The molecule has 2 fully saturated rings. The van der Waals surface area contributed by atoms with Gasteiger partial charge in [0.15, 0.2) is 9.84 Å². The average Bonchev–Trinajstić information content (AvgIpc) is 2.52. The summed E-state index contributed by atoms with van der Waals surface area (Å²) >= 11 is 0. The first kappa shape index (κ1) is 10.4. The summed E-state index contributed by atoms with van der Waals surface area (Å²) < 4.78 is 23.9. The number of hydrogen-bond acceptors (Lipinski definition) is 3. The molecular formula is C10H19NO2S. The first-order valence-electron chi connectivity index (χ1n) is 5.51. The maximum absolute atomic E-state index is 11.9. The van der Waals surface area contributed by atoms with Crippen LogP contribution < -0.4 is 5.32 Å². The molecule has 2 saturated heterocycles. The third-order valence-electron chi connectivity index (χ3n) is 3.69. The first-order valence-corrected chi connectivity index (χ1v) is 7.23. The van der Waals surface area contributed by atoms with Gasteiger partial charge in [0.05, 0.1) is 11.0 Å². The molecule has 2 unspecified atom stereocenters. The lowest BCUT2D eigenvalue weighted by Gasteiger charge is -2.36. The Morgan fingerprint density at radius 3 is 2.64 bits per heavy atom. The van der Waals surface area contributed by atoms with E-state index in [1.54, 1.807) is 0 Å². The molecular weight excluding hydrogens is 198 g/mol. The van der Waals surface area contributed by atoms with Gasteiger partial charge in [0.1, 0.15) is 0 Å². The van der Waals surface area contributed by atoms with Gasteiger partial charge < -0.3 is 5.32 Å². The molecule has 2 rings (SSSR count). The van der Waals surface area contributed by atoms with E-state index in [-0.39, 0.29) is 10.8 Å². The monoisotopic (exact) mass is 217 g/mol. The highest BCUT2D eigenvalue weighted by molar-refractivity contribution is 7.92. The average molecular weight is 217 g/mol. The summed E-state index contributed by atoms with van der Waals surface area (Å²) in [4.78, 5) is 0. The lowest BCUT2D eigenvalue weighted by molar-refractivity contribution is 0.357. The van der Waals surface area contributed by atoms with Crippen molar-refractivity contribution in [3.05, 3.63) is 0 Å². The summed E-state index contributed by atoms with van der Waals surface area (Å²) in [6, 6.07) is 0. The second-order valence-corrected chi connectivity index (χ2v) is 7.10. The highest BCUT2D eigenvalue weighted by Gasteiger charge is 2.44. The van der Waals surface area contributed by atoms with Crippen LogP contribution in [0, 0.1) is 0 Å². The standard InChI is InChI=1S/C10H19NO2S/c1-10(6-4-7-11-10)9-5-2-3-8-14(9,12)13/h9,11H,2-8H2,1H3. The highest BCUT2D eigenvalue weighted by atomic mass is 32.2. The highest BCUT2D eigenvalue weighted by Crippen LogP contribution is 2.33. The van der Waals surface area contributed by atoms with Crippen LogP contribution in [-0.2, 0) is 9.84 Å². The van der Waals surface area contributed by atoms with Gasteiger partial charge in [0.2, 0.25) is 0 Å². The van der Waals surface area contributed by atoms with Gasteiger partial charge in [-0.25, -0.2) is 8.42 Å². The van der Waals surface area contributed by atoms with Crippen molar-refractivity contribution >= 4 is 9.84 Å². The Balaban J connectivity index is 2.23. The van der Waals surface area contributed by atoms with Crippen molar-refractivity contribution in [1.29, 1.82) is 0 Å². The van der Waals surface area contributed by atoms with Gasteiger partial charge >= 0.3 is 0 Å². The third kappa shape index (κ3) is 1.70. The van der Waals surface area contributed by atoms with Crippen molar-refractivity contribution < 1.29 is 8.42 Å². The molecule has 0 spiro atoms. The third-order valence-corrected chi connectivity index (χ3v) is 6.17. The van der Waals surface area contributed by atoms with E-state index in [1.165, 1.54) is 0 Å². The minimum absolute atomic E-state index is 0.133. The Morgan fingerprint density at radius 2 is 2.07 bits per heavy atom. The lowest BCUT2D eigenvalue weighted by Crippen LogP contribution is -2.53. The fourth-order valence-electron chi connectivity index (χ4n) is 2.86. The molecule has 2 aliphatic heterocycles. The summed E-state index contributed by atoms with van der Waals surface area (Å²) in [5.74, 6) is 0.398. The van der Waals surface area contributed by atoms with Crippen molar-refractivity contribution in [1.82, 2.24) is 5.32 Å². The maximum Gasteiger partial charge on any atom is 0.154 e. The van der Waals surface area contributed by atoms with E-state index < -0.39 is 9.84 Å². The number of rotatable bonds is 1. The Kier molecular flexibility index (Phi) is 2.60. The van der Waals surface area contributed by atoms with Crippen LogP contribution in [0.4, 0.5) is 0 Å². The fraction of sp³-hybridized carbons (Fsp3) is 1.00. The summed E-state index contributed by atoms with van der Waals surface area (Å²) in [7, 11) is -2.83. The molecule has 0 aromatic heterocycles. The van der Waals surface area contributed by atoms with Crippen LogP contribution in [0.2, 0.25) is 0 Å². The maximum atomic E-state index is 11.9. The molecule has 2 atom stereocenters. The molecule has 0 bridgehead atoms. The molecule has 0 radical (unpaired) electrons. The number of sulfone groups is 1. The number of nitrogens with one attached hydrogen (secondary N) is 1. The molecule has 1 N–H and O–H groups in total. The van der Waals surface area contributed by atoms with Crippen molar-refractivity contribution in [3.63, 3.8) is 0 Å². The predicted molar refractivity (Wildman–Crippen MR) is 57.1 cm³/mol. The summed E-state index contributed by atoms with van der Waals surface area (Å²) in [6.07, 6.45) is 4.90. The number of hydrogen-bond donors (Lipinski definition) is 1. The van der Waals surface area contributed by atoms with Crippen LogP contribution in [0.5, 0.6) is 0 Å². The quantitative estimate of drug-likeness (QED) is 0.715. The predicted octanol–water partition coefficient (Wildman–Crippen LogP) is 1.10. The van der Waals surface area contributed by atoms with Gasteiger partial charge in [-0.05, 0) is 39.2 Å². The molecule has 14 heavy (non-hydrogen) atoms. The van der Waals surface area contributed by atoms with Gasteiger partial charge in [0, 0.05) is 5.54 Å². The van der Waals surface area contributed by atoms with E-state index in [1.807, 2.05) is 0 Å². The second kappa shape index (κ2) is 3.49. The summed E-state index contributed by atoms with van der Waals surface area (Å²) in [6.45, 7) is 3.05. The Labute approximate surface area is 86.2 Å². The van der Waals surface area contributed by atoms with Crippen LogP contribution >= 0.6 is 0 Å². The van der Waals surface area contributed by atoms with E-state index in [4.69, 9.17) is 0 Å². The zero-order valence-electron chi connectivity index (χ0n) is 8.75. The van der Waals surface area contributed by atoms with Gasteiger partial charge in [-0.15, -0.1) is 0 Å². The van der Waals surface area contributed by atoms with Crippen molar-refractivity contribution in [2.45, 2.75) is 49.8 Å². The van der Waals surface area contributed by atoms with E-state index in [9.17, 15) is 8.42 Å². The minimum Gasteiger partial charge on any atom is -0.310 e. The summed E-state index contributed by atoms with van der Waals surface area (Å²) in [5.41, 5.74) is -0.140. The van der Waals surface area contributed by atoms with Gasteiger partial charge in [-0.1, -0.05) is 6.42 Å². The fourth-order valence-corrected chi connectivity index (χ4v) is 5.27. The smallest absolute Gasteiger partial charge is 0.154 e. The molecule has 4 heteroatoms. The Bertz CT molecular complexity index is 304. The first-order chi connectivity index (χ1) is 6.55. The Hall–Kier alpha value is -0.0900. The van der Waals surface area contributed by atoms with Crippen LogP contribution in [0.15, 0.2) is 0 Å². The van der Waals surface area contributed by atoms with E-state index >= 15 is 0 Å². The van der Waals surface area contributed by atoms with E-state index in [0.29, 0.717) is 5.75 Å². The SMILES string of the molecule is CC1(C2CCCCS2(=O)=O)CCCN1. The van der Waals surface area contributed by atoms with E-state index in [2.05, 4.69) is 12.2 Å². The lowest BCUT2D eigenvalue weighted by atomic mass is 9.92. The van der Waals surface area contributed by atoms with Crippen LogP contribution in [-0.4, -0.2) is 31.5 Å². The molecule has 0 aromatic carbocycles. The zero-order valence-corrected chi connectivity index (χ0v) is 9.57. The second-order valence-electron chi connectivity index (χ2n) is 4.80. The molecule has 0 aliphatic carbocycles. The molecule has 0 saturated carbocycles. The normalized spacial score (nSPS) is 42.5. The molecule has 3 nitrogen and oxygen atoms in total. The van der Waals surface area contributed by atoms with Crippen molar-refractivity contribution in [2.24, 2.45) is 0 Å². The van der Waals surface area contributed by atoms with Crippen LogP contribution in [0.1, 0.15) is 39.0 Å². The molecule has 0 amide bonds. The van der Waals surface area contributed by atoms with E-state index in [0.717, 1.165) is 38.6 Å². The zero-order chi connectivity index (χ0) is 10.2. The van der Waals surface area contributed by atoms with Gasteiger partial charge in [-0.2, -0.15) is 0 Å². The minimum atomic E-state index is -2.83. The van der Waals surface area contributed by atoms with Crippen LogP contribution in [0.3, 0.4) is 0 Å². The topological polar surface area (TPSA) is 46.2 Å². The van der Waals surface area contributed by atoms with Crippen LogP contribution in [0.25, 0.3) is 0 Å². The summed E-state index contributed by atoms with van der Waals surface area (Å²) in [5, 5.41) is 3.25. The molecule has 0 aromatic rings. The van der Waals surface area contributed by atoms with Gasteiger partial charge in [-0.3, -0.25) is 0 Å². The largest absolute Gasteiger partial charge is 0.310 e. The molecule has 82 valence electrons. The molecule has 2 heterocycles. The molecule has 2 aliphatic rings. The van der Waals surface area contributed by atoms with Gasteiger partial charge in [0.25, 0.3) is 0 Å².